The molecule has 4 nitrogen and oxygen atoms in total. The fraction of sp³-hybridized carbons (Fsp3) is 0.375. The summed E-state index contributed by atoms with van der Waals surface area (Å²) in [6.07, 6.45) is 0. The lowest BCUT2D eigenvalue weighted by Crippen LogP contribution is -2.18. The Labute approximate surface area is 129 Å². The highest BCUT2D eigenvalue weighted by Gasteiger charge is 2.14. The minimum atomic E-state index is 0.271. The molecule has 114 valence electrons. The molecule has 0 fully saturated rings. The van der Waals surface area contributed by atoms with Crippen LogP contribution in [0.15, 0.2) is 29.0 Å². The van der Waals surface area contributed by atoms with Crippen molar-refractivity contribution in [3.8, 4) is 17.2 Å². The van der Waals surface area contributed by atoms with Gasteiger partial charge in [0.2, 0.25) is 0 Å². The molecule has 0 aliphatic carbocycles. The van der Waals surface area contributed by atoms with Crippen molar-refractivity contribution in [2.24, 2.45) is 0 Å². The first-order chi connectivity index (χ1) is 10.2. The van der Waals surface area contributed by atoms with Gasteiger partial charge in [-0.25, -0.2) is 0 Å². The lowest BCUT2D eigenvalue weighted by Gasteiger charge is -2.18. The number of hydrogen-bond donors (Lipinski definition) is 1. The fourth-order valence-corrected chi connectivity index (χ4v) is 2.90. The van der Waals surface area contributed by atoms with Crippen molar-refractivity contribution >= 4 is 11.3 Å². The number of hydrogen-bond acceptors (Lipinski definition) is 5. The van der Waals surface area contributed by atoms with Crippen molar-refractivity contribution in [3.05, 3.63) is 40.1 Å². The molecule has 1 N–H and O–H groups in total. The SMILES string of the molecule is COc1cc(OC)c(CNC(C)c2ccsc2)c(OC)c1. The minimum absolute atomic E-state index is 0.271. The number of ether oxygens (including phenoxy) is 3. The predicted molar refractivity (Wildman–Crippen MR) is 85.7 cm³/mol. The van der Waals surface area contributed by atoms with E-state index >= 15 is 0 Å². The molecule has 0 amide bonds. The molecule has 1 unspecified atom stereocenters. The van der Waals surface area contributed by atoms with Gasteiger partial charge in [-0.3, -0.25) is 0 Å². The van der Waals surface area contributed by atoms with E-state index in [9.17, 15) is 0 Å². The third-order valence-corrected chi connectivity index (χ3v) is 4.15. The first kappa shape index (κ1) is 15.7. The zero-order valence-corrected chi connectivity index (χ0v) is 13.6. The van der Waals surface area contributed by atoms with Gasteiger partial charge in [-0.05, 0) is 29.3 Å². The highest BCUT2D eigenvalue weighted by molar-refractivity contribution is 7.07. The normalized spacial score (nSPS) is 12.0. The Morgan fingerprint density at radius 1 is 1.10 bits per heavy atom. The Hall–Kier alpha value is -1.72. The van der Waals surface area contributed by atoms with E-state index in [1.807, 2.05) is 12.1 Å². The number of nitrogens with one attached hydrogen (secondary N) is 1. The molecule has 21 heavy (non-hydrogen) atoms. The van der Waals surface area contributed by atoms with Crippen molar-refractivity contribution in [2.75, 3.05) is 21.3 Å². The predicted octanol–water partition coefficient (Wildman–Crippen LogP) is 3.62. The monoisotopic (exact) mass is 307 g/mol. The Morgan fingerprint density at radius 2 is 1.76 bits per heavy atom. The Balaban J connectivity index is 2.18. The van der Waals surface area contributed by atoms with Gasteiger partial charge >= 0.3 is 0 Å². The second kappa shape index (κ2) is 7.33. The second-order valence-electron chi connectivity index (χ2n) is 4.67. The van der Waals surface area contributed by atoms with Gasteiger partial charge in [0.25, 0.3) is 0 Å². The molecular weight excluding hydrogens is 286 g/mol. The number of methoxy groups -OCH3 is 3. The molecule has 1 atom stereocenters. The van der Waals surface area contributed by atoms with Crippen molar-refractivity contribution in [2.45, 2.75) is 19.5 Å². The maximum absolute atomic E-state index is 5.46. The molecule has 0 spiro atoms. The molecule has 1 aromatic heterocycles. The van der Waals surface area contributed by atoms with Crippen LogP contribution in [0.4, 0.5) is 0 Å². The van der Waals surface area contributed by atoms with Gasteiger partial charge in [0.1, 0.15) is 17.2 Å². The largest absolute Gasteiger partial charge is 0.496 e. The highest BCUT2D eigenvalue weighted by Crippen LogP contribution is 2.34. The van der Waals surface area contributed by atoms with Crippen LogP contribution in [0.3, 0.4) is 0 Å². The average molecular weight is 307 g/mol. The van der Waals surface area contributed by atoms with E-state index in [4.69, 9.17) is 14.2 Å². The first-order valence-electron chi connectivity index (χ1n) is 6.74. The Kier molecular flexibility index (Phi) is 5.47. The number of benzene rings is 1. The standard InChI is InChI=1S/C16H21NO3S/c1-11(12-5-6-21-10-12)17-9-14-15(19-3)7-13(18-2)8-16(14)20-4/h5-8,10-11,17H,9H2,1-4H3. The van der Waals surface area contributed by atoms with Crippen LogP contribution in [0, 0.1) is 0 Å². The summed E-state index contributed by atoms with van der Waals surface area (Å²) in [6.45, 7) is 2.80. The molecule has 0 saturated carbocycles. The zero-order chi connectivity index (χ0) is 15.2. The van der Waals surface area contributed by atoms with Crippen LogP contribution in [0.2, 0.25) is 0 Å². The summed E-state index contributed by atoms with van der Waals surface area (Å²) in [7, 11) is 4.94. The number of rotatable bonds is 7. The van der Waals surface area contributed by atoms with Crippen LogP contribution in [-0.2, 0) is 6.54 Å². The molecule has 0 radical (unpaired) electrons. The quantitative estimate of drug-likeness (QED) is 0.848. The summed E-state index contributed by atoms with van der Waals surface area (Å²) in [5.41, 5.74) is 2.27. The Morgan fingerprint density at radius 3 is 2.24 bits per heavy atom. The van der Waals surface area contributed by atoms with E-state index in [0.29, 0.717) is 6.54 Å². The van der Waals surface area contributed by atoms with Crippen LogP contribution in [-0.4, -0.2) is 21.3 Å². The highest BCUT2D eigenvalue weighted by atomic mass is 32.1. The first-order valence-corrected chi connectivity index (χ1v) is 7.68. The molecule has 5 heteroatoms. The lowest BCUT2D eigenvalue weighted by molar-refractivity contribution is 0.365. The van der Waals surface area contributed by atoms with Crippen molar-refractivity contribution < 1.29 is 14.2 Å². The molecule has 0 saturated heterocycles. The molecule has 1 aromatic carbocycles. The maximum Gasteiger partial charge on any atom is 0.130 e. The fourth-order valence-electron chi connectivity index (χ4n) is 2.15. The molecule has 2 rings (SSSR count). The van der Waals surface area contributed by atoms with Gasteiger partial charge in [-0.1, -0.05) is 0 Å². The summed E-state index contributed by atoms with van der Waals surface area (Å²) in [6, 6.07) is 6.14. The smallest absolute Gasteiger partial charge is 0.130 e. The third kappa shape index (κ3) is 3.68. The van der Waals surface area contributed by atoms with Gasteiger partial charge in [0.15, 0.2) is 0 Å². The molecule has 2 aromatic rings. The van der Waals surface area contributed by atoms with Crippen LogP contribution >= 0.6 is 11.3 Å². The van der Waals surface area contributed by atoms with Gasteiger partial charge in [-0.2, -0.15) is 11.3 Å². The van der Waals surface area contributed by atoms with E-state index in [0.717, 1.165) is 22.8 Å². The van der Waals surface area contributed by atoms with E-state index in [2.05, 4.69) is 29.1 Å². The van der Waals surface area contributed by atoms with Gasteiger partial charge < -0.3 is 19.5 Å². The lowest BCUT2D eigenvalue weighted by atomic mass is 10.1. The summed E-state index contributed by atoms with van der Waals surface area (Å²) in [5, 5.41) is 7.73. The van der Waals surface area contributed by atoms with Crippen LogP contribution in [0.1, 0.15) is 24.1 Å². The van der Waals surface area contributed by atoms with Crippen molar-refractivity contribution in [1.82, 2.24) is 5.32 Å². The van der Waals surface area contributed by atoms with E-state index < -0.39 is 0 Å². The summed E-state index contributed by atoms with van der Waals surface area (Å²) in [5.74, 6) is 2.24. The van der Waals surface area contributed by atoms with Crippen LogP contribution in [0.5, 0.6) is 17.2 Å². The molecule has 0 aliphatic rings. The molecule has 0 bridgehead atoms. The van der Waals surface area contributed by atoms with Crippen LogP contribution < -0.4 is 19.5 Å². The van der Waals surface area contributed by atoms with Gasteiger partial charge in [0.05, 0.1) is 26.9 Å². The summed E-state index contributed by atoms with van der Waals surface area (Å²) < 4.78 is 16.2. The van der Waals surface area contributed by atoms with E-state index in [-0.39, 0.29) is 6.04 Å². The maximum atomic E-state index is 5.46. The molecule has 0 aliphatic heterocycles. The van der Waals surface area contributed by atoms with Gasteiger partial charge in [0, 0.05) is 24.7 Å². The topological polar surface area (TPSA) is 39.7 Å². The van der Waals surface area contributed by atoms with Crippen molar-refractivity contribution in [3.63, 3.8) is 0 Å². The summed E-state index contributed by atoms with van der Waals surface area (Å²) in [4.78, 5) is 0. The summed E-state index contributed by atoms with van der Waals surface area (Å²) >= 11 is 1.70. The third-order valence-electron chi connectivity index (χ3n) is 3.45. The van der Waals surface area contributed by atoms with E-state index in [1.165, 1.54) is 5.56 Å². The van der Waals surface area contributed by atoms with Gasteiger partial charge in [-0.15, -0.1) is 0 Å². The molecule has 1 heterocycles. The minimum Gasteiger partial charge on any atom is -0.496 e. The second-order valence-corrected chi connectivity index (χ2v) is 5.45. The zero-order valence-electron chi connectivity index (χ0n) is 12.8. The number of thiophene rings is 1. The Bertz CT molecular complexity index is 544. The molecular formula is C16H21NO3S. The average Bonchev–Trinajstić information content (AvgIpc) is 3.06. The van der Waals surface area contributed by atoms with Crippen LogP contribution in [0.25, 0.3) is 0 Å². The van der Waals surface area contributed by atoms with Crippen molar-refractivity contribution in [1.29, 1.82) is 0 Å². The van der Waals surface area contributed by atoms with E-state index in [1.54, 1.807) is 32.7 Å².